The second kappa shape index (κ2) is 7.45. The molecule has 1 aromatic heterocycles. The Balaban J connectivity index is 1.88. The molecule has 0 aliphatic heterocycles. The Hall–Kier alpha value is -2.56. The molecule has 2 rings (SSSR count). The predicted molar refractivity (Wildman–Crippen MR) is 84.0 cm³/mol. The zero-order valence-corrected chi connectivity index (χ0v) is 13.1. The number of methoxy groups -OCH3 is 1. The first-order chi connectivity index (χ1) is 10.6. The lowest BCUT2D eigenvalue weighted by atomic mass is 10.1. The second-order valence-corrected chi connectivity index (χ2v) is 4.96. The van der Waals surface area contributed by atoms with E-state index in [0.29, 0.717) is 12.4 Å². The zero-order chi connectivity index (χ0) is 15.9. The summed E-state index contributed by atoms with van der Waals surface area (Å²) in [6.45, 7) is 4.25. The van der Waals surface area contributed by atoms with E-state index >= 15 is 0 Å². The normalized spacial score (nSPS) is 10.1. The molecule has 0 saturated carbocycles. The van der Waals surface area contributed by atoms with Crippen LogP contribution in [0.2, 0.25) is 0 Å². The highest BCUT2D eigenvalue weighted by molar-refractivity contribution is 5.77. The van der Waals surface area contributed by atoms with Gasteiger partial charge in [0.15, 0.2) is 6.61 Å². The van der Waals surface area contributed by atoms with E-state index in [0.717, 1.165) is 22.4 Å². The lowest BCUT2D eigenvalue weighted by Gasteiger charge is -2.12. The van der Waals surface area contributed by atoms with Crippen LogP contribution in [0.3, 0.4) is 0 Å². The van der Waals surface area contributed by atoms with Crippen molar-refractivity contribution in [2.24, 2.45) is 0 Å². The highest BCUT2D eigenvalue weighted by Crippen LogP contribution is 2.22. The maximum absolute atomic E-state index is 11.9. The van der Waals surface area contributed by atoms with Crippen LogP contribution in [-0.2, 0) is 11.3 Å². The van der Waals surface area contributed by atoms with E-state index in [1.807, 2.05) is 38.1 Å². The van der Waals surface area contributed by atoms with Gasteiger partial charge in [-0.05, 0) is 31.0 Å². The maximum atomic E-state index is 11.9. The first-order valence-corrected chi connectivity index (χ1v) is 7.05. The molecule has 0 saturated heterocycles. The smallest absolute Gasteiger partial charge is 0.258 e. The van der Waals surface area contributed by atoms with Gasteiger partial charge in [-0.3, -0.25) is 4.79 Å². The van der Waals surface area contributed by atoms with Crippen molar-refractivity contribution in [2.45, 2.75) is 20.4 Å². The van der Waals surface area contributed by atoms with Crippen molar-refractivity contribution in [1.29, 1.82) is 0 Å². The number of nitrogens with zero attached hydrogens (tertiary/aromatic N) is 1. The fourth-order valence-electron chi connectivity index (χ4n) is 2.15. The van der Waals surface area contributed by atoms with Crippen molar-refractivity contribution in [1.82, 2.24) is 10.3 Å². The van der Waals surface area contributed by atoms with Crippen LogP contribution in [0.5, 0.6) is 11.6 Å². The van der Waals surface area contributed by atoms with Crippen LogP contribution in [0.15, 0.2) is 36.5 Å². The number of aryl methyl sites for hydroxylation is 2. The third kappa shape index (κ3) is 3.97. The molecule has 1 amide bonds. The third-order valence-electron chi connectivity index (χ3n) is 3.28. The van der Waals surface area contributed by atoms with Crippen LogP contribution in [0, 0.1) is 13.8 Å². The molecule has 0 bridgehead atoms. The first kappa shape index (κ1) is 15.8. The lowest BCUT2D eigenvalue weighted by molar-refractivity contribution is -0.123. The summed E-state index contributed by atoms with van der Waals surface area (Å²) < 4.78 is 10.8. The van der Waals surface area contributed by atoms with Crippen LogP contribution >= 0.6 is 0 Å². The molecule has 1 heterocycles. The number of para-hydroxylation sites is 1. The average molecular weight is 300 g/mol. The molecular weight excluding hydrogens is 280 g/mol. The van der Waals surface area contributed by atoms with E-state index < -0.39 is 0 Å². The summed E-state index contributed by atoms with van der Waals surface area (Å²) in [5.74, 6) is 1.09. The number of amides is 1. The summed E-state index contributed by atoms with van der Waals surface area (Å²) >= 11 is 0. The molecular formula is C17H20N2O3. The summed E-state index contributed by atoms with van der Waals surface area (Å²) in [7, 11) is 1.55. The van der Waals surface area contributed by atoms with Crippen molar-refractivity contribution in [2.75, 3.05) is 13.7 Å². The van der Waals surface area contributed by atoms with Gasteiger partial charge in [-0.15, -0.1) is 0 Å². The van der Waals surface area contributed by atoms with E-state index in [2.05, 4.69) is 10.3 Å². The van der Waals surface area contributed by atoms with E-state index in [4.69, 9.17) is 9.47 Å². The molecule has 1 aromatic carbocycles. The molecule has 0 fully saturated rings. The summed E-state index contributed by atoms with van der Waals surface area (Å²) in [4.78, 5) is 16.0. The topological polar surface area (TPSA) is 60.5 Å². The largest absolute Gasteiger partial charge is 0.483 e. The minimum Gasteiger partial charge on any atom is -0.483 e. The van der Waals surface area contributed by atoms with Crippen molar-refractivity contribution < 1.29 is 14.3 Å². The fourth-order valence-corrected chi connectivity index (χ4v) is 2.15. The van der Waals surface area contributed by atoms with Gasteiger partial charge in [-0.25, -0.2) is 4.98 Å². The Morgan fingerprint density at radius 3 is 2.59 bits per heavy atom. The zero-order valence-electron chi connectivity index (χ0n) is 13.1. The highest BCUT2D eigenvalue weighted by Gasteiger charge is 2.09. The number of benzene rings is 1. The standard InChI is InChI=1S/C17H20N2O3/c1-12-6-4-7-13(2)16(12)22-11-15(20)19-10-14-8-5-9-18-17(14)21-3/h4-9H,10-11H2,1-3H3,(H,19,20). The third-order valence-corrected chi connectivity index (χ3v) is 3.28. The molecule has 1 N–H and O–H groups in total. The fraction of sp³-hybridized carbons (Fsp3) is 0.294. The number of rotatable bonds is 6. The molecule has 0 aliphatic carbocycles. The Bertz CT molecular complexity index is 636. The highest BCUT2D eigenvalue weighted by atomic mass is 16.5. The molecule has 0 radical (unpaired) electrons. The molecule has 0 atom stereocenters. The monoisotopic (exact) mass is 300 g/mol. The molecule has 5 nitrogen and oxygen atoms in total. The van der Waals surface area contributed by atoms with E-state index in [1.165, 1.54) is 0 Å². The molecule has 0 unspecified atom stereocenters. The van der Waals surface area contributed by atoms with Gasteiger partial charge in [0.2, 0.25) is 5.88 Å². The van der Waals surface area contributed by atoms with Gasteiger partial charge in [0.05, 0.1) is 7.11 Å². The molecule has 0 spiro atoms. The van der Waals surface area contributed by atoms with Gasteiger partial charge >= 0.3 is 0 Å². The van der Waals surface area contributed by atoms with Crippen molar-refractivity contribution in [3.05, 3.63) is 53.2 Å². The van der Waals surface area contributed by atoms with Crippen molar-refractivity contribution in [3.8, 4) is 11.6 Å². The summed E-state index contributed by atoms with van der Waals surface area (Å²) in [6.07, 6.45) is 1.65. The van der Waals surface area contributed by atoms with Gasteiger partial charge in [-0.1, -0.05) is 24.3 Å². The Kier molecular flexibility index (Phi) is 5.36. The van der Waals surface area contributed by atoms with E-state index in [9.17, 15) is 4.79 Å². The number of carbonyl (C=O) groups is 1. The average Bonchev–Trinajstić information content (AvgIpc) is 2.52. The Morgan fingerprint density at radius 2 is 1.91 bits per heavy atom. The Labute approximate surface area is 130 Å². The molecule has 0 aliphatic rings. The first-order valence-electron chi connectivity index (χ1n) is 7.05. The number of ether oxygens (including phenoxy) is 2. The summed E-state index contributed by atoms with van der Waals surface area (Å²) in [5.41, 5.74) is 2.86. The number of aromatic nitrogens is 1. The predicted octanol–water partition coefficient (Wildman–Crippen LogP) is 2.40. The van der Waals surface area contributed by atoms with Gasteiger partial charge in [0.1, 0.15) is 5.75 Å². The lowest BCUT2D eigenvalue weighted by Crippen LogP contribution is -2.28. The van der Waals surface area contributed by atoms with Crippen molar-refractivity contribution >= 4 is 5.91 Å². The minimum absolute atomic E-state index is 0.0196. The number of pyridine rings is 1. The number of carbonyl (C=O) groups excluding carboxylic acids is 1. The van der Waals surface area contributed by atoms with Crippen molar-refractivity contribution in [3.63, 3.8) is 0 Å². The van der Waals surface area contributed by atoms with Crippen LogP contribution in [-0.4, -0.2) is 24.6 Å². The molecule has 116 valence electrons. The summed E-state index contributed by atoms with van der Waals surface area (Å²) in [5, 5.41) is 2.80. The molecule has 5 heteroatoms. The quantitative estimate of drug-likeness (QED) is 0.890. The van der Waals surface area contributed by atoms with Gasteiger partial charge < -0.3 is 14.8 Å². The van der Waals surface area contributed by atoms with Crippen LogP contribution in [0.25, 0.3) is 0 Å². The van der Waals surface area contributed by atoms with Gasteiger partial charge in [0, 0.05) is 18.3 Å². The molecule has 22 heavy (non-hydrogen) atoms. The van der Waals surface area contributed by atoms with Crippen LogP contribution < -0.4 is 14.8 Å². The number of nitrogens with one attached hydrogen (secondary N) is 1. The minimum atomic E-state index is -0.187. The second-order valence-electron chi connectivity index (χ2n) is 4.96. The van der Waals surface area contributed by atoms with E-state index in [1.54, 1.807) is 19.4 Å². The van der Waals surface area contributed by atoms with Gasteiger partial charge in [-0.2, -0.15) is 0 Å². The van der Waals surface area contributed by atoms with Gasteiger partial charge in [0.25, 0.3) is 5.91 Å². The number of hydrogen-bond acceptors (Lipinski definition) is 4. The Morgan fingerprint density at radius 1 is 1.18 bits per heavy atom. The number of hydrogen-bond donors (Lipinski definition) is 1. The maximum Gasteiger partial charge on any atom is 0.258 e. The SMILES string of the molecule is COc1ncccc1CNC(=O)COc1c(C)cccc1C. The van der Waals surface area contributed by atoms with Crippen LogP contribution in [0.4, 0.5) is 0 Å². The summed E-state index contributed by atoms with van der Waals surface area (Å²) in [6, 6.07) is 9.55. The van der Waals surface area contributed by atoms with E-state index in [-0.39, 0.29) is 12.5 Å². The molecule has 2 aromatic rings. The van der Waals surface area contributed by atoms with Crippen LogP contribution in [0.1, 0.15) is 16.7 Å².